The molecule has 0 bridgehead atoms. The van der Waals surface area contributed by atoms with Crippen molar-refractivity contribution < 1.29 is 23.8 Å². The Balaban J connectivity index is 1.84. The third-order valence-corrected chi connectivity index (χ3v) is 3.16. The molecule has 26 heavy (non-hydrogen) atoms. The summed E-state index contributed by atoms with van der Waals surface area (Å²) in [5, 5.41) is 2.67. The van der Waals surface area contributed by atoms with Gasteiger partial charge in [0.05, 0.1) is 12.3 Å². The van der Waals surface area contributed by atoms with Gasteiger partial charge in [0, 0.05) is 12.2 Å². The van der Waals surface area contributed by atoms with Crippen molar-refractivity contribution in [2.24, 2.45) is 0 Å². The minimum Gasteiger partial charge on any atom is -0.490 e. The summed E-state index contributed by atoms with van der Waals surface area (Å²) in [6.07, 6.45) is 2.20. The number of esters is 1. The molecule has 2 aromatic rings. The van der Waals surface area contributed by atoms with E-state index in [4.69, 9.17) is 14.2 Å². The molecule has 0 aliphatic carbocycles. The first-order valence-electron chi connectivity index (χ1n) is 8.24. The van der Waals surface area contributed by atoms with E-state index in [0.29, 0.717) is 24.7 Å². The summed E-state index contributed by atoms with van der Waals surface area (Å²) in [4.78, 5) is 23.1. The van der Waals surface area contributed by atoms with Gasteiger partial charge in [-0.25, -0.2) is 4.79 Å². The Morgan fingerprint density at radius 3 is 2.38 bits per heavy atom. The number of nitrogens with one attached hydrogen (secondary N) is 1. The predicted molar refractivity (Wildman–Crippen MR) is 98.3 cm³/mol. The van der Waals surface area contributed by atoms with Gasteiger partial charge in [-0.05, 0) is 31.2 Å². The molecule has 136 valence electrons. The summed E-state index contributed by atoms with van der Waals surface area (Å²) in [6, 6.07) is 16.5. The van der Waals surface area contributed by atoms with Crippen LogP contribution in [0.5, 0.6) is 11.5 Å². The van der Waals surface area contributed by atoms with Crippen LogP contribution in [0.2, 0.25) is 0 Å². The molecule has 1 N–H and O–H groups in total. The number of benzene rings is 2. The highest BCUT2D eigenvalue weighted by Gasteiger charge is 2.06. The quantitative estimate of drug-likeness (QED) is 0.425. The molecule has 0 aliphatic heterocycles. The second-order valence-electron chi connectivity index (χ2n) is 5.08. The number of anilines is 1. The van der Waals surface area contributed by atoms with E-state index < -0.39 is 11.9 Å². The minimum absolute atomic E-state index is 0.256. The van der Waals surface area contributed by atoms with E-state index in [1.54, 1.807) is 31.2 Å². The normalized spacial score (nSPS) is 10.3. The molecular weight excluding hydrogens is 334 g/mol. The van der Waals surface area contributed by atoms with E-state index >= 15 is 0 Å². The smallest absolute Gasteiger partial charge is 0.330 e. The number of carbonyl (C=O) groups is 2. The van der Waals surface area contributed by atoms with Crippen LogP contribution in [-0.2, 0) is 14.3 Å². The van der Waals surface area contributed by atoms with Crippen molar-refractivity contribution in [1.29, 1.82) is 0 Å². The molecule has 0 atom stereocenters. The lowest BCUT2D eigenvalue weighted by Gasteiger charge is -2.12. The lowest BCUT2D eigenvalue weighted by Crippen LogP contribution is -2.13. The lowest BCUT2D eigenvalue weighted by molar-refractivity contribution is -0.137. The van der Waals surface area contributed by atoms with E-state index in [1.807, 2.05) is 30.3 Å². The van der Waals surface area contributed by atoms with Crippen LogP contribution in [-0.4, -0.2) is 31.7 Å². The average Bonchev–Trinajstić information content (AvgIpc) is 2.66. The maximum Gasteiger partial charge on any atom is 0.330 e. The van der Waals surface area contributed by atoms with Crippen molar-refractivity contribution in [3.8, 4) is 11.5 Å². The van der Waals surface area contributed by atoms with Gasteiger partial charge in [0.2, 0.25) is 5.91 Å². The van der Waals surface area contributed by atoms with Gasteiger partial charge < -0.3 is 19.5 Å². The van der Waals surface area contributed by atoms with Gasteiger partial charge >= 0.3 is 5.97 Å². The van der Waals surface area contributed by atoms with Crippen molar-refractivity contribution in [2.75, 3.05) is 25.1 Å². The second kappa shape index (κ2) is 10.6. The van der Waals surface area contributed by atoms with Crippen LogP contribution in [0.3, 0.4) is 0 Å². The zero-order chi connectivity index (χ0) is 18.6. The van der Waals surface area contributed by atoms with E-state index in [-0.39, 0.29) is 6.61 Å². The van der Waals surface area contributed by atoms with Crippen molar-refractivity contribution in [3.05, 3.63) is 66.7 Å². The molecule has 0 fully saturated rings. The number of carbonyl (C=O) groups excluding carboxylic acids is 2. The van der Waals surface area contributed by atoms with Crippen LogP contribution in [0, 0.1) is 0 Å². The Labute approximate surface area is 152 Å². The summed E-state index contributed by atoms with van der Waals surface area (Å²) in [6.45, 7) is 2.64. The fourth-order valence-electron chi connectivity index (χ4n) is 2.03. The van der Waals surface area contributed by atoms with Crippen LogP contribution >= 0.6 is 0 Å². The number of rotatable bonds is 9. The van der Waals surface area contributed by atoms with E-state index in [0.717, 1.165) is 17.9 Å². The fourth-order valence-corrected chi connectivity index (χ4v) is 2.03. The molecule has 0 spiro atoms. The first-order chi connectivity index (χ1) is 12.7. The van der Waals surface area contributed by atoms with Gasteiger partial charge in [-0.2, -0.15) is 0 Å². The molecule has 6 heteroatoms. The van der Waals surface area contributed by atoms with E-state index in [2.05, 4.69) is 5.32 Å². The summed E-state index contributed by atoms with van der Waals surface area (Å²) in [7, 11) is 0. The summed E-state index contributed by atoms with van der Waals surface area (Å²) in [5.74, 6) is 0.267. The maximum atomic E-state index is 11.9. The monoisotopic (exact) mass is 355 g/mol. The molecule has 0 heterocycles. The predicted octanol–water partition coefficient (Wildman–Crippen LogP) is 3.20. The highest BCUT2D eigenvalue weighted by molar-refractivity contribution is 6.03. The fraction of sp³-hybridized carbons (Fsp3) is 0.200. The van der Waals surface area contributed by atoms with Crippen LogP contribution < -0.4 is 14.8 Å². The van der Waals surface area contributed by atoms with E-state index in [1.165, 1.54) is 0 Å². The van der Waals surface area contributed by atoms with Gasteiger partial charge in [-0.3, -0.25) is 4.79 Å². The largest absolute Gasteiger partial charge is 0.490 e. The molecule has 0 aromatic heterocycles. The van der Waals surface area contributed by atoms with E-state index in [9.17, 15) is 9.59 Å². The van der Waals surface area contributed by atoms with Gasteiger partial charge in [0.15, 0.2) is 0 Å². The van der Waals surface area contributed by atoms with Gasteiger partial charge in [0.1, 0.15) is 24.7 Å². The summed E-state index contributed by atoms with van der Waals surface area (Å²) in [5.41, 5.74) is 0.505. The van der Waals surface area contributed by atoms with Crippen LogP contribution in [0.15, 0.2) is 66.7 Å². The maximum absolute atomic E-state index is 11.9. The molecule has 0 radical (unpaired) electrons. The topological polar surface area (TPSA) is 73.9 Å². The molecule has 6 nitrogen and oxygen atoms in total. The number of hydrogen-bond donors (Lipinski definition) is 1. The first kappa shape index (κ1) is 19.1. The number of amides is 1. The molecule has 1 amide bonds. The third kappa shape index (κ3) is 6.68. The van der Waals surface area contributed by atoms with Crippen molar-refractivity contribution in [1.82, 2.24) is 0 Å². The van der Waals surface area contributed by atoms with Gasteiger partial charge in [-0.15, -0.1) is 0 Å². The molecule has 2 aromatic carbocycles. The highest BCUT2D eigenvalue weighted by Crippen LogP contribution is 2.23. The summed E-state index contributed by atoms with van der Waals surface area (Å²) >= 11 is 0. The molecule has 0 aliphatic rings. The van der Waals surface area contributed by atoms with Gasteiger partial charge in [0.25, 0.3) is 0 Å². The third-order valence-electron chi connectivity index (χ3n) is 3.16. The molecule has 0 saturated carbocycles. The molecule has 0 saturated heterocycles. The summed E-state index contributed by atoms with van der Waals surface area (Å²) < 4.78 is 16.0. The van der Waals surface area contributed by atoms with Crippen molar-refractivity contribution >= 4 is 17.6 Å². The molecule has 2 rings (SSSR count). The number of ether oxygens (including phenoxy) is 3. The Kier molecular flexibility index (Phi) is 7.74. The van der Waals surface area contributed by atoms with Crippen molar-refractivity contribution in [2.45, 2.75) is 6.92 Å². The molecule has 0 unspecified atom stereocenters. The lowest BCUT2D eigenvalue weighted by atomic mass is 10.3. The van der Waals surface area contributed by atoms with Crippen LogP contribution in [0.25, 0.3) is 0 Å². The Morgan fingerprint density at radius 2 is 1.62 bits per heavy atom. The Morgan fingerprint density at radius 1 is 0.923 bits per heavy atom. The minimum atomic E-state index is -0.565. The highest BCUT2D eigenvalue weighted by atomic mass is 16.5. The van der Waals surface area contributed by atoms with Crippen LogP contribution in [0.1, 0.15) is 6.92 Å². The number of para-hydroxylation sites is 3. The molecular formula is C20H21NO5. The number of hydrogen-bond acceptors (Lipinski definition) is 5. The van der Waals surface area contributed by atoms with Crippen LogP contribution in [0.4, 0.5) is 5.69 Å². The van der Waals surface area contributed by atoms with Crippen molar-refractivity contribution in [3.63, 3.8) is 0 Å². The zero-order valence-corrected chi connectivity index (χ0v) is 14.5. The average molecular weight is 355 g/mol. The Hall–Kier alpha value is -3.28. The first-order valence-corrected chi connectivity index (χ1v) is 8.24. The van der Waals surface area contributed by atoms with Gasteiger partial charge in [-0.1, -0.05) is 30.3 Å². The SMILES string of the molecule is CCOC(=O)/C=C/C(=O)Nc1ccccc1OCCOc1ccccc1. The second-order valence-corrected chi connectivity index (χ2v) is 5.08. The standard InChI is InChI=1S/C20H21NO5/c1-2-24-20(23)13-12-19(22)21-17-10-6-7-11-18(17)26-15-14-25-16-8-4-3-5-9-16/h3-13H,2,14-15H2,1H3,(H,21,22)/b13-12+. The Bertz CT molecular complexity index is 743. The zero-order valence-electron chi connectivity index (χ0n) is 14.5.